The predicted octanol–water partition coefficient (Wildman–Crippen LogP) is 2.76. The summed E-state index contributed by atoms with van der Waals surface area (Å²) in [6, 6.07) is 14.1. The molecule has 0 aromatic heterocycles. The van der Waals surface area contributed by atoms with Crippen molar-refractivity contribution in [1.82, 2.24) is 9.80 Å². The van der Waals surface area contributed by atoms with Gasteiger partial charge in [0.25, 0.3) is 0 Å². The first-order valence-electron chi connectivity index (χ1n) is 9.34. The number of fused-ring (bicyclic) bond motifs is 1. The molecule has 0 saturated carbocycles. The number of amides is 1. The van der Waals surface area contributed by atoms with E-state index in [4.69, 9.17) is 9.47 Å². The zero-order chi connectivity index (χ0) is 19.2. The van der Waals surface area contributed by atoms with Crippen molar-refractivity contribution in [2.45, 2.75) is 19.4 Å². The van der Waals surface area contributed by atoms with E-state index < -0.39 is 0 Å². The third-order valence-corrected chi connectivity index (χ3v) is 5.19. The molecule has 1 amide bonds. The third-order valence-electron chi connectivity index (χ3n) is 5.19. The van der Waals surface area contributed by atoms with E-state index in [0.29, 0.717) is 13.1 Å². The van der Waals surface area contributed by atoms with Crippen LogP contribution in [-0.4, -0.2) is 56.6 Å². The molecule has 5 nitrogen and oxygen atoms in total. The minimum Gasteiger partial charge on any atom is -0.497 e. The summed E-state index contributed by atoms with van der Waals surface area (Å²) >= 11 is 0. The lowest BCUT2D eigenvalue weighted by Crippen LogP contribution is -2.39. The number of benzene rings is 2. The highest BCUT2D eigenvalue weighted by Crippen LogP contribution is 2.25. The van der Waals surface area contributed by atoms with Gasteiger partial charge in [-0.3, -0.25) is 9.69 Å². The molecule has 0 unspecified atom stereocenters. The number of carbonyl (C=O) groups excluding carboxylic acids is 1. The molecule has 0 N–H and O–H groups in total. The summed E-state index contributed by atoms with van der Waals surface area (Å²) in [6.45, 7) is 2.81. The van der Waals surface area contributed by atoms with Crippen LogP contribution < -0.4 is 9.47 Å². The van der Waals surface area contributed by atoms with E-state index >= 15 is 0 Å². The number of nitrogens with zero attached hydrogens (tertiary/aromatic N) is 2. The minimum atomic E-state index is 0.142. The van der Waals surface area contributed by atoms with E-state index in [0.717, 1.165) is 43.0 Å². The molecule has 0 saturated heterocycles. The molecule has 1 aliphatic heterocycles. The average Bonchev–Trinajstić information content (AvgIpc) is 2.91. The van der Waals surface area contributed by atoms with Crippen LogP contribution in [0.1, 0.15) is 16.7 Å². The molecule has 2 aromatic carbocycles. The number of hydrogen-bond donors (Lipinski definition) is 0. The van der Waals surface area contributed by atoms with Crippen molar-refractivity contribution in [3.63, 3.8) is 0 Å². The Balaban J connectivity index is 1.56. The molecule has 1 heterocycles. The Hall–Kier alpha value is -2.53. The number of methoxy groups -OCH3 is 2. The largest absolute Gasteiger partial charge is 0.497 e. The van der Waals surface area contributed by atoms with Crippen molar-refractivity contribution < 1.29 is 14.3 Å². The van der Waals surface area contributed by atoms with E-state index in [1.165, 1.54) is 11.1 Å². The Bertz CT molecular complexity index is 774. The highest BCUT2D eigenvalue weighted by Gasteiger charge is 2.20. The van der Waals surface area contributed by atoms with Crippen LogP contribution in [0.2, 0.25) is 0 Å². The molecular weight excluding hydrogens is 340 g/mol. The summed E-state index contributed by atoms with van der Waals surface area (Å²) in [7, 11) is 5.23. The number of carbonyl (C=O) groups is 1. The molecule has 27 heavy (non-hydrogen) atoms. The van der Waals surface area contributed by atoms with Gasteiger partial charge in [0.1, 0.15) is 11.5 Å². The van der Waals surface area contributed by atoms with Crippen molar-refractivity contribution in [2.24, 2.45) is 0 Å². The van der Waals surface area contributed by atoms with E-state index in [9.17, 15) is 4.79 Å². The lowest BCUT2D eigenvalue weighted by atomic mass is 10.0. The highest BCUT2D eigenvalue weighted by atomic mass is 16.5. The van der Waals surface area contributed by atoms with Crippen LogP contribution in [0.5, 0.6) is 11.5 Å². The Morgan fingerprint density at radius 3 is 2.48 bits per heavy atom. The Morgan fingerprint density at radius 1 is 1.04 bits per heavy atom. The first kappa shape index (κ1) is 19.2. The summed E-state index contributed by atoms with van der Waals surface area (Å²) in [5.41, 5.74) is 3.71. The lowest BCUT2D eigenvalue weighted by Gasteiger charge is -2.24. The second kappa shape index (κ2) is 8.91. The second-order valence-electron chi connectivity index (χ2n) is 6.97. The smallest absolute Gasteiger partial charge is 0.236 e. The van der Waals surface area contributed by atoms with Gasteiger partial charge in [0, 0.05) is 26.7 Å². The maximum Gasteiger partial charge on any atom is 0.236 e. The van der Waals surface area contributed by atoms with Crippen LogP contribution in [0.25, 0.3) is 0 Å². The van der Waals surface area contributed by atoms with Gasteiger partial charge in [-0.25, -0.2) is 0 Å². The standard InChI is InChI=1S/C22H28N2O3/c1-23(15-17-7-9-19(26-2)10-8-17)22(25)16-24-13-11-18-5-4-6-21(27-3)20(18)12-14-24/h4-10H,11-16H2,1-3H3. The molecular formula is C22H28N2O3. The summed E-state index contributed by atoms with van der Waals surface area (Å²) in [6.07, 6.45) is 1.86. The van der Waals surface area contributed by atoms with Crippen molar-refractivity contribution in [3.8, 4) is 11.5 Å². The van der Waals surface area contributed by atoms with E-state index in [1.807, 2.05) is 43.4 Å². The highest BCUT2D eigenvalue weighted by molar-refractivity contribution is 5.78. The molecule has 0 atom stereocenters. The predicted molar refractivity (Wildman–Crippen MR) is 106 cm³/mol. The van der Waals surface area contributed by atoms with E-state index in [1.54, 1.807) is 19.1 Å². The van der Waals surface area contributed by atoms with Crippen molar-refractivity contribution >= 4 is 5.91 Å². The molecule has 3 rings (SSSR count). The molecule has 0 radical (unpaired) electrons. The Morgan fingerprint density at radius 2 is 1.78 bits per heavy atom. The fraction of sp³-hybridized carbons (Fsp3) is 0.409. The monoisotopic (exact) mass is 368 g/mol. The maximum atomic E-state index is 12.7. The maximum absolute atomic E-state index is 12.7. The van der Waals surface area contributed by atoms with Gasteiger partial charge in [0.2, 0.25) is 5.91 Å². The summed E-state index contributed by atoms with van der Waals surface area (Å²) < 4.78 is 10.7. The van der Waals surface area contributed by atoms with Gasteiger partial charge >= 0.3 is 0 Å². The molecule has 0 bridgehead atoms. The van der Waals surface area contributed by atoms with Crippen LogP contribution >= 0.6 is 0 Å². The van der Waals surface area contributed by atoms with Crippen LogP contribution in [0.3, 0.4) is 0 Å². The number of likely N-dealkylation sites (N-methyl/N-ethyl adjacent to an activating group) is 1. The third kappa shape index (κ3) is 4.80. The zero-order valence-corrected chi connectivity index (χ0v) is 16.4. The molecule has 0 spiro atoms. The fourth-order valence-electron chi connectivity index (χ4n) is 3.54. The first-order valence-corrected chi connectivity index (χ1v) is 9.34. The van der Waals surface area contributed by atoms with Crippen molar-refractivity contribution in [2.75, 3.05) is 40.9 Å². The quantitative estimate of drug-likeness (QED) is 0.786. The van der Waals surface area contributed by atoms with Crippen LogP contribution in [0.4, 0.5) is 0 Å². The molecule has 144 valence electrons. The average molecular weight is 368 g/mol. The molecule has 0 fully saturated rings. The van der Waals surface area contributed by atoms with Gasteiger partial charge in [-0.2, -0.15) is 0 Å². The fourth-order valence-corrected chi connectivity index (χ4v) is 3.54. The number of hydrogen-bond acceptors (Lipinski definition) is 4. The van der Waals surface area contributed by atoms with Crippen LogP contribution in [0.15, 0.2) is 42.5 Å². The van der Waals surface area contributed by atoms with Crippen molar-refractivity contribution in [3.05, 3.63) is 59.2 Å². The van der Waals surface area contributed by atoms with Gasteiger partial charge in [0.15, 0.2) is 0 Å². The zero-order valence-electron chi connectivity index (χ0n) is 16.4. The van der Waals surface area contributed by atoms with Gasteiger partial charge in [-0.05, 0) is 47.7 Å². The van der Waals surface area contributed by atoms with Crippen LogP contribution in [-0.2, 0) is 24.2 Å². The molecule has 1 aliphatic rings. The molecule has 5 heteroatoms. The van der Waals surface area contributed by atoms with Crippen LogP contribution in [0, 0.1) is 0 Å². The van der Waals surface area contributed by atoms with Gasteiger partial charge in [-0.1, -0.05) is 24.3 Å². The van der Waals surface area contributed by atoms with Gasteiger partial charge in [0.05, 0.1) is 20.8 Å². The number of ether oxygens (including phenoxy) is 2. The van der Waals surface area contributed by atoms with E-state index in [2.05, 4.69) is 11.0 Å². The Kier molecular flexibility index (Phi) is 6.35. The number of rotatable bonds is 6. The topological polar surface area (TPSA) is 42.0 Å². The SMILES string of the molecule is COc1ccc(CN(C)C(=O)CN2CCc3cccc(OC)c3CC2)cc1. The lowest BCUT2D eigenvalue weighted by molar-refractivity contribution is -0.131. The summed E-state index contributed by atoms with van der Waals surface area (Å²) in [5, 5.41) is 0. The second-order valence-corrected chi connectivity index (χ2v) is 6.97. The minimum absolute atomic E-state index is 0.142. The van der Waals surface area contributed by atoms with Crippen molar-refractivity contribution in [1.29, 1.82) is 0 Å². The van der Waals surface area contributed by atoms with Gasteiger partial charge < -0.3 is 14.4 Å². The summed E-state index contributed by atoms with van der Waals surface area (Å²) in [4.78, 5) is 16.7. The first-order chi connectivity index (χ1) is 13.1. The molecule has 2 aromatic rings. The summed E-state index contributed by atoms with van der Waals surface area (Å²) in [5.74, 6) is 1.92. The Labute approximate surface area is 161 Å². The van der Waals surface area contributed by atoms with Gasteiger partial charge in [-0.15, -0.1) is 0 Å². The molecule has 0 aliphatic carbocycles. The normalized spacial score (nSPS) is 14.2. The van der Waals surface area contributed by atoms with E-state index in [-0.39, 0.29) is 5.91 Å².